The van der Waals surface area contributed by atoms with Crippen molar-refractivity contribution in [1.82, 2.24) is 4.90 Å². The summed E-state index contributed by atoms with van der Waals surface area (Å²) in [5.74, 6) is 0.597. The Hall–Kier alpha value is -2.21. The molecule has 7 rings (SSSR count). The Bertz CT molecular complexity index is 1110. The van der Waals surface area contributed by atoms with E-state index in [1.807, 2.05) is 60.7 Å². The number of hydrogen-bond donors (Lipinski definition) is 1. The minimum absolute atomic E-state index is 0.0239. The van der Waals surface area contributed by atoms with E-state index in [4.69, 9.17) is 9.47 Å². The molecule has 3 aliphatic heterocycles. The van der Waals surface area contributed by atoms with Gasteiger partial charge in [-0.15, -0.1) is 0 Å². The standard InChI is InChI=1S/C32H39NO4/c1-30-15-9-16-31(21-36-31)27(30)18-24-25(29(34)37-26(24)19-30)20-33-17-8-14-28(33)32(35,22-10-4-2-5-11-22)23-12-6-3-7-13-23/h2-7,10-13,24-28,35H,8-9,14-21H2,1H3/t24-,25-,26-,27-,28+,30-,31-/m1/s1. The van der Waals surface area contributed by atoms with Gasteiger partial charge in [-0.25, -0.2) is 0 Å². The van der Waals surface area contributed by atoms with Crippen molar-refractivity contribution in [2.45, 2.75) is 75.2 Å². The lowest BCUT2D eigenvalue weighted by atomic mass is 9.53. The molecule has 2 aliphatic carbocycles. The highest BCUT2D eigenvalue weighted by atomic mass is 16.6. The summed E-state index contributed by atoms with van der Waals surface area (Å²) in [6.07, 6.45) is 7.52. The van der Waals surface area contributed by atoms with Crippen LogP contribution in [0.1, 0.15) is 63.0 Å². The second-order valence-electron chi connectivity index (χ2n) is 12.8. The molecule has 37 heavy (non-hydrogen) atoms. The average Bonchev–Trinajstić information content (AvgIpc) is 3.40. The molecule has 1 spiro atoms. The predicted molar refractivity (Wildman–Crippen MR) is 141 cm³/mol. The summed E-state index contributed by atoms with van der Waals surface area (Å²) in [6, 6.07) is 20.0. The molecule has 3 saturated heterocycles. The largest absolute Gasteiger partial charge is 0.462 e. The van der Waals surface area contributed by atoms with E-state index < -0.39 is 5.60 Å². The maximum Gasteiger partial charge on any atom is 0.310 e. The Labute approximate surface area is 220 Å². The van der Waals surface area contributed by atoms with Gasteiger partial charge in [0.2, 0.25) is 0 Å². The highest BCUT2D eigenvalue weighted by Crippen LogP contribution is 2.63. The number of epoxide rings is 1. The Morgan fingerprint density at radius 2 is 1.70 bits per heavy atom. The van der Waals surface area contributed by atoms with E-state index in [9.17, 15) is 9.90 Å². The molecule has 1 N–H and O–H groups in total. The molecular weight excluding hydrogens is 462 g/mol. The molecule has 196 valence electrons. The number of benzene rings is 2. The first-order valence-corrected chi connectivity index (χ1v) is 14.3. The summed E-state index contributed by atoms with van der Waals surface area (Å²) in [5.41, 5.74) is 0.955. The number of likely N-dealkylation sites (tertiary alicyclic amines) is 1. The number of carbonyl (C=O) groups is 1. The molecule has 0 aromatic heterocycles. The summed E-state index contributed by atoms with van der Waals surface area (Å²) in [5, 5.41) is 12.5. The van der Waals surface area contributed by atoms with Crippen LogP contribution in [0.25, 0.3) is 0 Å². The van der Waals surface area contributed by atoms with Crippen LogP contribution in [0.4, 0.5) is 0 Å². The van der Waals surface area contributed by atoms with Crippen LogP contribution in [0.3, 0.4) is 0 Å². The van der Waals surface area contributed by atoms with Crippen LogP contribution in [-0.4, -0.2) is 53.4 Å². The van der Waals surface area contributed by atoms with Crippen molar-refractivity contribution < 1.29 is 19.4 Å². The van der Waals surface area contributed by atoms with Crippen LogP contribution in [0.5, 0.6) is 0 Å². The molecular formula is C32H39NO4. The van der Waals surface area contributed by atoms with Crippen molar-refractivity contribution in [1.29, 1.82) is 0 Å². The average molecular weight is 502 g/mol. The van der Waals surface area contributed by atoms with Crippen LogP contribution >= 0.6 is 0 Å². The third-order valence-electron chi connectivity index (χ3n) is 10.8. The maximum absolute atomic E-state index is 13.4. The van der Waals surface area contributed by atoms with Crippen molar-refractivity contribution in [2.75, 3.05) is 19.7 Å². The van der Waals surface area contributed by atoms with E-state index in [0.29, 0.717) is 12.5 Å². The van der Waals surface area contributed by atoms with Gasteiger partial charge in [-0.05, 0) is 74.0 Å². The second kappa shape index (κ2) is 8.65. The van der Waals surface area contributed by atoms with Gasteiger partial charge in [-0.3, -0.25) is 9.69 Å². The van der Waals surface area contributed by atoms with Crippen molar-refractivity contribution in [2.24, 2.45) is 23.2 Å². The molecule has 3 heterocycles. The third kappa shape index (κ3) is 3.72. The monoisotopic (exact) mass is 501 g/mol. The Morgan fingerprint density at radius 3 is 2.35 bits per heavy atom. The van der Waals surface area contributed by atoms with Crippen LogP contribution in [0.15, 0.2) is 60.7 Å². The molecule has 5 aliphatic rings. The van der Waals surface area contributed by atoms with Crippen LogP contribution in [0, 0.1) is 23.2 Å². The first-order valence-electron chi connectivity index (χ1n) is 14.3. The minimum atomic E-state index is -1.14. The van der Waals surface area contributed by atoms with Gasteiger partial charge in [0, 0.05) is 18.5 Å². The molecule has 5 heteroatoms. The summed E-state index contributed by atoms with van der Waals surface area (Å²) < 4.78 is 12.2. The van der Waals surface area contributed by atoms with E-state index in [1.165, 1.54) is 19.3 Å². The topological polar surface area (TPSA) is 62.3 Å². The fourth-order valence-corrected chi connectivity index (χ4v) is 8.87. The van der Waals surface area contributed by atoms with Gasteiger partial charge < -0.3 is 14.6 Å². The quantitative estimate of drug-likeness (QED) is 0.466. The number of aliphatic hydroxyl groups is 1. The molecule has 0 radical (unpaired) electrons. The van der Waals surface area contributed by atoms with Crippen molar-refractivity contribution >= 4 is 5.97 Å². The van der Waals surface area contributed by atoms with E-state index in [0.717, 1.165) is 50.0 Å². The SMILES string of the molecule is C[C@]12CCC[C@@]3(CO3)[C@@H]1C[C@H]1[C@@H](C2)OC(=O)[C@@H]1CN1CCC[C@H]1C(O)(c1ccccc1)c1ccccc1. The minimum Gasteiger partial charge on any atom is -0.462 e. The lowest BCUT2D eigenvalue weighted by Crippen LogP contribution is -2.53. The van der Waals surface area contributed by atoms with Gasteiger partial charge in [0.15, 0.2) is 0 Å². The number of esters is 1. The van der Waals surface area contributed by atoms with Crippen LogP contribution < -0.4 is 0 Å². The molecule has 0 amide bonds. The number of carbonyl (C=O) groups excluding carboxylic acids is 1. The van der Waals surface area contributed by atoms with Crippen LogP contribution in [0.2, 0.25) is 0 Å². The van der Waals surface area contributed by atoms with E-state index in [-0.39, 0.29) is 41.0 Å². The third-order valence-corrected chi connectivity index (χ3v) is 10.8. The number of rotatable bonds is 5. The molecule has 2 aromatic carbocycles. The van der Waals surface area contributed by atoms with Crippen molar-refractivity contribution in [3.8, 4) is 0 Å². The zero-order valence-electron chi connectivity index (χ0n) is 21.9. The van der Waals surface area contributed by atoms with Gasteiger partial charge in [-0.2, -0.15) is 0 Å². The van der Waals surface area contributed by atoms with Gasteiger partial charge in [0.05, 0.1) is 18.1 Å². The number of nitrogens with zero attached hydrogens (tertiary/aromatic N) is 1. The molecule has 5 nitrogen and oxygen atoms in total. The molecule has 5 fully saturated rings. The molecule has 2 saturated carbocycles. The van der Waals surface area contributed by atoms with Gasteiger partial charge in [-0.1, -0.05) is 67.6 Å². The second-order valence-corrected chi connectivity index (χ2v) is 12.8. The molecule has 7 atom stereocenters. The van der Waals surface area contributed by atoms with E-state index >= 15 is 0 Å². The fourth-order valence-electron chi connectivity index (χ4n) is 8.87. The van der Waals surface area contributed by atoms with Crippen LogP contribution in [-0.2, 0) is 19.9 Å². The normalized spacial score (nSPS) is 39.3. The van der Waals surface area contributed by atoms with Gasteiger partial charge >= 0.3 is 5.97 Å². The summed E-state index contributed by atoms with van der Waals surface area (Å²) in [7, 11) is 0. The summed E-state index contributed by atoms with van der Waals surface area (Å²) in [4.78, 5) is 15.8. The molecule has 2 aromatic rings. The van der Waals surface area contributed by atoms with Crippen molar-refractivity contribution in [3.63, 3.8) is 0 Å². The van der Waals surface area contributed by atoms with Gasteiger partial charge in [0.25, 0.3) is 0 Å². The lowest BCUT2D eigenvalue weighted by molar-refractivity contribution is -0.147. The Kier molecular flexibility index (Phi) is 5.58. The number of ether oxygens (including phenoxy) is 2. The Balaban J connectivity index is 1.18. The predicted octanol–water partition coefficient (Wildman–Crippen LogP) is 4.91. The first kappa shape index (κ1) is 23.9. The zero-order chi connectivity index (χ0) is 25.3. The molecule has 0 unspecified atom stereocenters. The zero-order valence-corrected chi connectivity index (χ0v) is 21.9. The number of hydrogen-bond acceptors (Lipinski definition) is 5. The maximum atomic E-state index is 13.4. The van der Waals surface area contributed by atoms with E-state index in [2.05, 4.69) is 11.8 Å². The first-order chi connectivity index (χ1) is 17.9. The lowest BCUT2D eigenvalue weighted by Gasteiger charge is -2.51. The highest BCUT2D eigenvalue weighted by molar-refractivity contribution is 5.75. The summed E-state index contributed by atoms with van der Waals surface area (Å²) >= 11 is 0. The van der Waals surface area contributed by atoms with Gasteiger partial charge in [0.1, 0.15) is 11.7 Å². The Morgan fingerprint density at radius 1 is 1.03 bits per heavy atom. The summed E-state index contributed by atoms with van der Waals surface area (Å²) in [6.45, 7) is 4.85. The van der Waals surface area contributed by atoms with E-state index in [1.54, 1.807) is 0 Å². The highest BCUT2D eigenvalue weighted by Gasteiger charge is 2.65. The fraction of sp³-hybridized carbons (Fsp3) is 0.594. The molecule has 0 bridgehead atoms. The number of fused-ring (bicyclic) bond motifs is 3. The van der Waals surface area contributed by atoms with Crippen molar-refractivity contribution in [3.05, 3.63) is 71.8 Å². The smallest absolute Gasteiger partial charge is 0.310 e.